The number of hydrogen-bond acceptors (Lipinski definition) is 3. The first-order valence-corrected chi connectivity index (χ1v) is 9.88. The number of ether oxygens (including phenoxy) is 1. The van der Waals surface area contributed by atoms with Gasteiger partial charge in [0.1, 0.15) is 5.78 Å². The lowest BCUT2D eigenvalue weighted by atomic mass is 9.47. The average Bonchev–Trinajstić information content (AvgIpc) is 3.27. The van der Waals surface area contributed by atoms with Crippen molar-refractivity contribution in [3.05, 3.63) is 23.8 Å². The molecule has 25 heavy (non-hydrogen) atoms. The predicted octanol–water partition coefficient (Wildman–Crippen LogP) is 3.73. The van der Waals surface area contributed by atoms with Crippen LogP contribution in [-0.4, -0.2) is 23.8 Å². The van der Waals surface area contributed by atoms with Crippen LogP contribution < -0.4 is 0 Å². The van der Waals surface area contributed by atoms with E-state index < -0.39 is 0 Å². The van der Waals surface area contributed by atoms with Crippen LogP contribution in [0.25, 0.3) is 0 Å². The lowest BCUT2D eigenvalue weighted by Gasteiger charge is -2.54. The molecule has 4 fully saturated rings. The van der Waals surface area contributed by atoms with E-state index in [1.54, 1.807) is 13.0 Å². The monoisotopic (exact) mass is 340 g/mol. The zero-order valence-electron chi connectivity index (χ0n) is 15.6. The number of fused-ring (bicyclic) bond motifs is 8. The summed E-state index contributed by atoms with van der Waals surface area (Å²) in [7, 11) is 0. The van der Waals surface area contributed by atoms with Crippen molar-refractivity contribution in [1.29, 1.82) is 0 Å². The molecule has 0 bridgehead atoms. The van der Waals surface area contributed by atoms with Crippen molar-refractivity contribution in [3.8, 4) is 0 Å². The van der Waals surface area contributed by atoms with Crippen molar-refractivity contribution in [2.75, 3.05) is 0 Å². The number of hydrogen-bond donors (Lipinski definition) is 0. The summed E-state index contributed by atoms with van der Waals surface area (Å²) in [6, 6.07) is 0. The maximum Gasteiger partial charge on any atom is 0.178 e. The molecule has 0 aromatic carbocycles. The van der Waals surface area contributed by atoms with Crippen molar-refractivity contribution < 1.29 is 14.3 Å². The SMILES string of the molecule is CC(=O)[C@H]1[C@H](C)C[C@H]2[C@@H]3CCC4=CC(=O)C=C[C@]4(C)[C@H]3[C@H]3OC3[C@@]21C. The fourth-order valence-electron chi connectivity index (χ4n) is 7.78. The maximum absolute atomic E-state index is 12.5. The third-order valence-electron chi connectivity index (χ3n) is 8.61. The minimum absolute atomic E-state index is 0.00284. The Morgan fingerprint density at radius 1 is 1.32 bits per heavy atom. The summed E-state index contributed by atoms with van der Waals surface area (Å²) in [5.74, 6) is 2.68. The van der Waals surface area contributed by atoms with Crippen LogP contribution in [0.3, 0.4) is 0 Å². The molecule has 1 aliphatic heterocycles. The van der Waals surface area contributed by atoms with E-state index in [1.807, 2.05) is 6.08 Å². The summed E-state index contributed by atoms with van der Waals surface area (Å²) in [5, 5.41) is 0. The Hall–Kier alpha value is -1.22. The van der Waals surface area contributed by atoms with E-state index in [9.17, 15) is 9.59 Å². The van der Waals surface area contributed by atoms with Gasteiger partial charge in [-0.2, -0.15) is 0 Å². The Bertz CT molecular complexity index is 734. The second-order valence-corrected chi connectivity index (χ2v) is 9.71. The van der Waals surface area contributed by atoms with Crippen LogP contribution in [-0.2, 0) is 14.3 Å². The normalized spacial score (nSPS) is 55.6. The first kappa shape index (κ1) is 16.0. The number of allylic oxidation sites excluding steroid dienone is 4. The van der Waals surface area contributed by atoms with E-state index in [0.29, 0.717) is 29.5 Å². The minimum atomic E-state index is -0.0465. The van der Waals surface area contributed by atoms with E-state index in [4.69, 9.17) is 4.74 Å². The molecule has 0 radical (unpaired) electrons. The molecular weight excluding hydrogens is 312 g/mol. The lowest BCUT2D eigenvalue weighted by molar-refractivity contribution is -0.127. The second-order valence-electron chi connectivity index (χ2n) is 9.71. The second kappa shape index (κ2) is 4.73. The molecule has 0 aromatic heterocycles. The van der Waals surface area contributed by atoms with Gasteiger partial charge in [0, 0.05) is 22.7 Å². The Labute approximate surface area is 149 Å². The van der Waals surface area contributed by atoms with Crippen molar-refractivity contribution in [1.82, 2.24) is 0 Å². The Morgan fingerprint density at radius 2 is 2.08 bits per heavy atom. The van der Waals surface area contributed by atoms with Crippen LogP contribution >= 0.6 is 0 Å². The molecule has 9 atom stereocenters. The third kappa shape index (κ3) is 1.81. The molecule has 0 spiro atoms. The molecule has 4 aliphatic carbocycles. The molecule has 0 amide bonds. The predicted molar refractivity (Wildman–Crippen MR) is 94.8 cm³/mol. The number of rotatable bonds is 1. The molecule has 0 aromatic rings. The van der Waals surface area contributed by atoms with Crippen LogP contribution in [0.2, 0.25) is 0 Å². The van der Waals surface area contributed by atoms with Gasteiger partial charge in [0.2, 0.25) is 0 Å². The first-order valence-electron chi connectivity index (χ1n) is 9.88. The van der Waals surface area contributed by atoms with Gasteiger partial charge >= 0.3 is 0 Å². The summed E-state index contributed by atoms with van der Waals surface area (Å²) in [6.45, 7) is 8.68. The number of carbonyl (C=O) groups excluding carboxylic acids is 2. The van der Waals surface area contributed by atoms with Gasteiger partial charge < -0.3 is 4.74 Å². The van der Waals surface area contributed by atoms with Gasteiger partial charge in [-0.25, -0.2) is 0 Å². The standard InChI is InChI=1S/C22H28O3/c1-11-9-16-15-6-5-13-10-14(24)7-8-21(13,3)18(15)19-20(25-19)22(16,4)17(11)12(2)23/h7-8,10-11,15-20H,5-6,9H2,1-4H3/t11-,15+,16+,17-,18-,19-,20?,21+,22+/m1/s1. The minimum Gasteiger partial charge on any atom is -0.369 e. The highest BCUT2D eigenvalue weighted by Gasteiger charge is 2.74. The van der Waals surface area contributed by atoms with E-state index in [-0.39, 0.29) is 34.7 Å². The zero-order valence-corrected chi connectivity index (χ0v) is 15.6. The van der Waals surface area contributed by atoms with Crippen LogP contribution in [0.5, 0.6) is 0 Å². The largest absolute Gasteiger partial charge is 0.369 e. The van der Waals surface area contributed by atoms with Gasteiger partial charge in [-0.1, -0.05) is 32.4 Å². The number of epoxide rings is 1. The summed E-state index contributed by atoms with van der Waals surface area (Å²) < 4.78 is 6.34. The highest BCUT2D eigenvalue weighted by Crippen LogP contribution is 2.72. The zero-order chi connectivity index (χ0) is 17.7. The smallest absolute Gasteiger partial charge is 0.178 e. The molecule has 5 rings (SSSR count). The fourth-order valence-corrected chi connectivity index (χ4v) is 7.78. The molecule has 1 heterocycles. The average molecular weight is 340 g/mol. The molecule has 5 aliphatic rings. The summed E-state index contributed by atoms with van der Waals surface area (Å²) in [5.41, 5.74) is 1.26. The number of ketones is 2. The molecule has 3 nitrogen and oxygen atoms in total. The number of Topliss-reactive ketones (excluding diaryl/α,β-unsaturated/α-hetero) is 1. The third-order valence-corrected chi connectivity index (χ3v) is 8.61. The van der Waals surface area contributed by atoms with Crippen molar-refractivity contribution in [2.45, 2.75) is 59.2 Å². The molecule has 0 N–H and O–H groups in total. The first-order chi connectivity index (χ1) is 11.8. The van der Waals surface area contributed by atoms with Crippen LogP contribution in [0.4, 0.5) is 0 Å². The Morgan fingerprint density at radius 3 is 2.80 bits per heavy atom. The number of carbonyl (C=O) groups is 2. The van der Waals surface area contributed by atoms with E-state index >= 15 is 0 Å². The van der Waals surface area contributed by atoms with Gasteiger partial charge in [0.25, 0.3) is 0 Å². The van der Waals surface area contributed by atoms with Crippen LogP contribution in [0, 0.1) is 40.4 Å². The van der Waals surface area contributed by atoms with Crippen LogP contribution in [0.1, 0.15) is 47.0 Å². The highest BCUT2D eigenvalue weighted by molar-refractivity contribution is 6.01. The van der Waals surface area contributed by atoms with Gasteiger partial charge in [-0.05, 0) is 56.1 Å². The summed E-state index contributed by atoms with van der Waals surface area (Å²) in [4.78, 5) is 24.3. The van der Waals surface area contributed by atoms with Crippen LogP contribution in [0.15, 0.2) is 23.8 Å². The Balaban J connectivity index is 1.58. The summed E-state index contributed by atoms with van der Waals surface area (Å²) >= 11 is 0. The van der Waals surface area contributed by atoms with Gasteiger partial charge in [-0.15, -0.1) is 0 Å². The molecule has 134 valence electrons. The van der Waals surface area contributed by atoms with Gasteiger partial charge in [-0.3, -0.25) is 9.59 Å². The van der Waals surface area contributed by atoms with E-state index in [0.717, 1.165) is 19.3 Å². The van der Waals surface area contributed by atoms with Gasteiger partial charge in [0.05, 0.1) is 12.2 Å². The van der Waals surface area contributed by atoms with Crippen molar-refractivity contribution >= 4 is 11.6 Å². The highest BCUT2D eigenvalue weighted by atomic mass is 16.6. The summed E-state index contributed by atoms with van der Waals surface area (Å²) in [6.07, 6.45) is 9.55. The fraction of sp³-hybridized carbons (Fsp3) is 0.727. The van der Waals surface area contributed by atoms with Gasteiger partial charge in [0.15, 0.2) is 5.78 Å². The molecule has 1 unspecified atom stereocenters. The Kier molecular flexibility index (Phi) is 3.03. The molecular formula is C22H28O3. The molecule has 3 heteroatoms. The topological polar surface area (TPSA) is 46.7 Å². The van der Waals surface area contributed by atoms with Crippen molar-refractivity contribution in [3.63, 3.8) is 0 Å². The lowest BCUT2D eigenvalue weighted by Crippen LogP contribution is -2.54. The van der Waals surface area contributed by atoms with E-state index in [1.165, 1.54) is 5.57 Å². The van der Waals surface area contributed by atoms with Crippen molar-refractivity contribution in [2.24, 2.45) is 40.4 Å². The van der Waals surface area contributed by atoms with E-state index in [2.05, 4.69) is 26.8 Å². The maximum atomic E-state index is 12.5. The quantitative estimate of drug-likeness (QED) is 0.683. The molecule has 1 saturated heterocycles. The molecule has 3 saturated carbocycles.